The maximum atomic E-state index is 12.3. The Morgan fingerprint density at radius 3 is 1.96 bits per heavy atom. The molecule has 0 saturated carbocycles. The molecular weight excluding hydrogens is 342 g/mol. The van der Waals surface area contributed by atoms with Crippen molar-refractivity contribution in [1.82, 2.24) is 5.32 Å². The minimum Gasteiger partial charge on any atom is -0.465 e. The zero-order valence-electron chi connectivity index (χ0n) is 14.1. The summed E-state index contributed by atoms with van der Waals surface area (Å²) in [5, 5.41) is 2.83. The number of hydrogen-bond donors (Lipinski definition) is 1. The van der Waals surface area contributed by atoms with Crippen LogP contribution in [0.2, 0.25) is 0 Å². The van der Waals surface area contributed by atoms with E-state index in [1.165, 1.54) is 31.4 Å². The number of benzene rings is 2. The Bertz CT molecular complexity index is 871. The number of esters is 1. The first-order valence-corrected chi connectivity index (χ1v) is 9.41. The second-order valence-electron chi connectivity index (χ2n) is 5.61. The predicted octanol–water partition coefficient (Wildman–Crippen LogP) is 2.37. The molecule has 0 heterocycles. The molecule has 0 aliphatic carbocycles. The van der Waals surface area contributed by atoms with Gasteiger partial charge < -0.3 is 10.1 Å². The van der Waals surface area contributed by atoms with Crippen LogP contribution in [0.15, 0.2) is 53.4 Å². The van der Waals surface area contributed by atoms with Crippen LogP contribution in [-0.4, -0.2) is 33.7 Å². The second-order valence-corrected chi connectivity index (χ2v) is 7.62. The molecule has 2 rings (SSSR count). The number of hydrogen-bond acceptors (Lipinski definition) is 5. The van der Waals surface area contributed by atoms with Crippen LogP contribution in [0.1, 0.15) is 39.2 Å². The number of sulfone groups is 1. The van der Waals surface area contributed by atoms with Crippen LogP contribution in [0, 0.1) is 0 Å². The number of methoxy groups -OCH3 is 1. The van der Waals surface area contributed by atoms with Crippen molar-refractivity contribution >= 4 is 21.7 Å². The summed E-state index contributed by atoms with van der Waals surface area (Å²) in [6.45, 7) is 1.80. The lowest BCUT2D eigenvalue weighted by molar-refractivity contribution is 0.0600. The highest BCUT2D eigenvalue weighted by Crippen LogP contribution is 2.17. The van der Waals surface area contributed by atoms with Crippen molar-refractivity contribution in [3.8, 4) is 0 Å². The zero-order valence-corrected chi connectivity index (χ0v) is 15.0. The van der Waals surface area contributed by atoms with Gasteiger partial charge in [0, 0.05) is 11.8 Å². The molecule has 0 aromatic heterocycles. The van der Waals surface area contributed by atoms with E-state index in [1.54, 1.807) is 31.2 Å². The SMILES string of the molecule is COC(=O)c1ccc(C(=O)NC(C)c2ccc(S(C)(=O)=O)cc2)cc1. The highest BCUT2D eigenvalue weighted by molar-refractivity contribution is 7.90. The summed E-state index contributed by atoms with van der Waals surface area (Å²) in [5.41, 5.74) is 1.56. The van der Waals surface area contributed by atoms with Crippen LogP contribution in [0.3, 0.4) is 0 Å². The molecule has 6 nitrogen and oxygen atoms in total. The van der Waals surface area contributed by atoms with Crippen LogP contribution in [0.5, 0.6) is 0 Å². The van der Waals surface area contributed by atoms with E-state index < -0.39 is 15.8 Å². The molecule has 0 radical (unpaired) electrons. The Balaban J connectivity index is 2.08. The van der Waals surface area contributed by atoms with Crippen molar-refractivity contribution in [3.63, 3.8) is 0 Å². The molecule has 0 saturated heterocycles. The van der Waals surface area contributed by atoms with E-state index in [9.17, 15) is 18.0 Å². The van der Waals surface area contributed by atoms with E-state index in [-0.39, 0.29) is 16.8 Å². The lowest BCUT2D eigenvalue weighted by Crippen LogP contribution is -2.26. The first-order chi connectivity index (χ1) is 11.7. The molecule has 1 N–H and O–H groups in total. The van der Waals surface area contributed by atoms with Crippen molar-refractivity contribution in [2.75, 3.05) is 13.4 Å². The average Bonchev–Trinajstić information content (AvgIpc) is 2.60. The summed E-state index contributed by atoms with van der Waals surface area (Å²) < 4.78 is 27.6. The maximum absolute atomic E-state index is 12.3. The van der Waals surface area contributed by atoms with Gasteiger partial charge in [0.05, 0.1) is 23.6 Å². The highest BCUT2D eigenvalue weighted by atomic mass is 32.2. The van der Waals surface area contributed by atoms with Gasteiger partial charge in [0.15, 0.2) is 9.84 Å². The molecule has 0 spiro atoms. The lowest BCUT2D eigenvalue weighted by atomic mass is 10.1. The number of rotatable bonds is 5. The Hall–Kier alpha value is -2.67. The van der Waals surface area contributed by atoms with Gasteiger partial charge in [0.1, 0.15) is 0 Å². The summed E-state index contributed by atoms with van der Waals surface area (Å²) in [6.07, 6.45) is 1.14. The van der Waals surface area contributed by atoms with E-state index in [4.69, 9.17) is 0 Å². The first-order valence-electron chi connectivity index (χ1n) is 7.51. The van der Waals surface area contributed by atoms with Crippen molar-refractivity contribution in [2.24, 2.45) is 0 Å². The molecule has 7 heteroatoms. The van der Waals surface area contributed by atoms with Crippen LogP contribution < -0.4 is 5.32 Å². The number of nitrogens with one attached hydrogen (secondary N) is 1. The van der Waals surface area contributed by atoms with E-state index in [0.717, 1.165) is 11.8 Å². The number of carbonyl (C=O) groups excluding carboxylic acids is 2. The van der Waals surface area contributed by atoms with Gasteiger partial charge >= 0.3 is 5.97 Å². The Labute approximate surface area is 146 Å². The van der Waals surface area contributed by atoms with E-state index in [0.29, 0.717) is 11.1 Å². The molecule has 0 aliphatic heterocycles. The number of carbonyl (C=O) groups is 2. The topological polar surface area (TPSA) is 89.5 Å². The number of amides is 1. The molecule has 0 aliphatic rings. The van der Waals surface area contributed by atoms with Crippen LogP contribution in [-0.2, 0) is 14.6 Å². The maximum Gasteiger partial charge on any atom is 0.337 e. The fourth-order valence-electron chi connectivity index (χ4n) is 2.24. The third-order valence-corrected chi connectivity index (χ3v) is 4.85. The van der Waals surface area contributed by atoms with Crippen molar-refractivity contribution < 1.29 is 22.7 Å². The largest absolute Gasteiger partial charge is 0.465 e. The highest BCUT2D eigenvalue weighted by Gasteiger charge is 2.14. The average molecular weight is 361 g/mol. The lowest BCUT2D eigenvalue weighted by Gasteiger charge is -2.15. The molecule has 2 aromatic rings. The summed E-state index contributed by atoms with van der Waals surface area (Å²) in [5.74, 6) is -0.762. The molecule has 1 atom stereocenters. The van der Waals surface area contributed by atoms with Crippen molar-refractivity contribution in [2.45, 2.75) is 17.9 Å². The van der Waals surface area contributed by atoms with Gasteiger partial charge in [-0.15, -0.1) is 0 Å². The first kappa shape index (κ1) is 18.7. The van der Waals surface area contributed by atoms with Crippen LogP contribution in [0.25, 0.3) is 0 Å². The van der Waals surface area contributed by atoms with Gasteiger partial charge in [-0.25, -0.2) is 13.2 Å². The van der Waals surface area contributed by atoms with Crippen molar-refractivity contribution in [1.29, 1.82) is 0 Å². The molecular formula is C18H19NO5S. The summed E-state index contributed by atoms with van der Waals surface area (Å²) in [4.78, 5) is 23.9. The summed E-state index contributed by atoms with van der Waals surface area (Å²) >= 11 is 0. The zero-order chi connectivity index (χ0) is 18.6. The quantitative estimate of drug-likeness (QED) is 0.826. The van der Waals surface area contributed by atoms with E-state index in [1.807, 2.05) is 0 Å². The fraction of sp³-hybridized carbons (Fsp3) is 0.222. The Kier molecular flexibility index (Phi) is 5.58. The number of ether oxygens (including phenoxy) is 1. The Morgan fingerprint density at radius 1 is 0.960 bits per heavy atom. The molecule has 0 fully saturated rings. The van der Waals surface area contributed by atoms with Gasteiger partial charge in [-0.05, 0) is 48.9 Å². The standard InChI is InChI=1S/C18H19NO5S/c1-12(13-8-10-16(11-9-13)25(3,22)23)19-17(20)14-4-6-15(7-5-14)18(21)24-2/h4-12H,1-3H3,(H,19,20). The molecule has 0 bridgehead atoms. The molecule has 2 aromatic carbocycles. The third-order valence-electron chi connectivity index (χ3n) is 3.72. The summed E-state index contributed by atoms with van der Waals surface area (Å²) in [6, 6.07) is 12.2. The van der Waals surface area contributed by atoms with Crippen LogP contribution >= 0.6 is 0 Å². The predicted molar refractivity (Wildman–Crippen MR) is 93.2 cm³/mol. The second kappa shape index (κ2) is 7.48. The smallest absolute Gasteiger partial charge is 0.337 e. The normalized spacial score (nSPS) is 12.3. The van der Waals surface area contributed by atoms with Gasteiger partial charge in [0.2, 0.25) is 0 Å². The molecule has 1 unspecified atom stereocenters. The van der Waals surface area contributed by atoms with Gasteiger partial charge in [0.25, 0.3) is 5.91 Å². The van der Waals surface area contributed by atoms with Crippen molar-refractivity contribution in [3.05, 3.63) is 65.2 Å². The Morgan fingerprint density at radius 2 is 1.48 bits per heavy atom. The molecule has 25 heavy (non-hydrogen) atoms. The van der Waals surface area contributed by atoms with Gasteiger partial charge in [-0.1, -0.05) is 12.1 Å². The third kappa shape index (κ3) is 4.67. The van der Waals surface area contributed by atoms with Gasteiger partial charge in [-0.2, -0.15) is 0 Å². The fourth-order valence-corrected chi connectivity index (χ4v) is 2.87. The van der Waals surface area contributed by atoms with E-state index >= 15 is 0 Å². The van der Waals surface area contributed by atoms with E-state index in [2.05, 4.69) is 10.1 Å². The molecule has 1 amide bonds. The van der Waals surface area contributed by atoms with Gasteiger partial charge in [-0.3, -0.25) is 4.79 Å². The van der Waals surface area contributed by atoms with Crippen LogP contribution in [0.4, 0.5) is 0 Å². The summed E-state index contributed by atoms with van der Waals surface area (Å²) in [7, 11) is -1.96. The minimum absolute atomic E-state index is 0.230. The monoisotopic (exact) mass is 361 g/mol. The minimum atomic E-state index is -3.25. The molecule has 132 valence electrons.